The molecule has 1 heteroatoms. The molecule has 1 radical (unpaired) electrons. The minimum Gasteiger partial charge on any atom is -0.146 e. The van der Waals surface area contributed by atoms with Crippen LogP contribution in [0.4, 0.5) is 0 Å². The fourth-order valence-corrected chi connectivity index (χ4v) is 1.84. The third kappa shape index (κ3) is 2.61. The summed E-state index contributed by atoms with van der Waals surface area (Å²) in [6, 6.07) is 0. The van der Waals surface area contributed by atoms with Crippen molar-refractivity contribution in [3.63, 3.8) is 0 Å². The minimum absolute atomic E-state index is 0.714. The standard InChI is InChI=1S/C9H13S/c1-8(2)10-9-6-4-3-5-7-9/h3-6,8H,7H2,1-2H3. The zero-order valence-corrected chi connectivity index (χ0v) is 7.32. The van der Waals surface area contributed by atoms with Crippen molar-refractivity contribution in [3.8, 4) is 0 Å². The van der Waals surface area contributed by atoms with E-state index in [1.54, 1.807) is 0 Å². The molecule has 10 heavy (non-hydrogen) atoms. The van der Waals surface area contributed by atoms with Crippen LogP contribution in [0.25, 0.3) is 0 Å². The molecule has 0 heterocycles. The Bertz CT molecular complexity index is 145. The van der Waals surface area contributed by atoms with Gasteiger partial charge in [-0.25, -0.2) is 0 Å². The van der Waals surface area contributed by atoms with Gasteiger partial charge in [0.05, 0.1) is 5.25 Å². The second-order valence-corrected chi connectivity index (χ2v) is 4.33. The molecule has 55 valence electrons. The SMILES string of the molecule is CC(C)S[C]1C=CC=CC1. The summed E-state index contributed by atoms with van der Waals surface area (Å²) >= 11 is 1.95. The molecular formula is C9H13S. The van der Waals surface area contributed by atoms with E-state index in [1.165, 1.54) is 5.25 Å². The van der Waals surface area contributed by atoms with Crippen LogP contribution in [0, 0.1) is 5.25 Å². The Hall–Kier alpha value is -0.170. The summed E-state index contributed by atoms with van der Waals surface area (Å²) in [5.41, 5.74) is 0. The molecule has 0 saturated heterocycles. The predicted octanol–water partition coefficient (Wildman–Crippen LogP) is 3.18. The lowest BCUT2D eigenvalue weighted by atomic mass is 10.2. The molecule has 0 aromatic carbocycles. The van der Waals surface area contributed by atoms with Crippen LogP contribution in [0.5, 0.6) is 0 Å². The molecule has 0 fully saturated rings. The smallest absolute Gasteiger partial charge is 0.0563 e. The number of hydrogen-bond donors (Lipinski definition) is 0. The third-order valence-electron chi connectivity index (χ3n) is 1.24. The van der Waals surface area contributed by atoms with E-state index < -0.39 is 0 Å². The summed E-state index contributed by atoms with van der Waals surface area (Å²) in [6.45, 7) is 4.45. The Kier molecular flexibility index (Phi) is 3.07. The van der Waals surface area contributed by atoms with Crippen LogP contribution >= 0.6 is 11.8 Å². The second-order valence-electron chi connectivity index (χ2n) is 2.62. The van der Waals surface area contributed by atoms with Crippen molar-refractivity contribution in [2.45, 2.75) is 25.5 Å². The number of hydrogen-bond acceptors (Lipinski definition) is 1. The average molecular weight is 153 g/mol. The molecule has 0 atom stereocenters. The highest BCUT2D eigenvalue weighted by Crippen LogP contribution is 2.30. The van der Waals surface area contributed by atoms with E-state index >= 15 is 0 Å². The molecule has 1 rings (SSSR count). The van der Waals surface area contributed by atoms with Gasteiger partial charge in [0.2, 0.25) is 0 Å². The summed E-state index contributed by atoms with van der Waals surface area (Å²) in [5.74, 6) is 0. The highest BCUT2D eigenvalue weighted by Gasteiger charge is 2.07. The number of thioether (sulfide) groups is 1. The van der Waals surface area contributed by atoms with Gasteiger partial charge in [-0.2, -0.15) is 0 Å². The highest BCUT2D eigenvalue weighted by molar-refractivity contribution is 8.02. The Labute approximate surface area is 67.4 Å². The van der Waals surface area contributed by atoms with Gasteiger partial charge in [-0.05, 0) is 11.7 Å². The molecule has 0 aliphatic heterocycles. The molecule has 0 N–H and O–H groups in total. The van der Waals surface area contributed by atoms with Crippen LogP contribution in [-0.4, -0.2) is 5.25 Å². The Morgan fingerprint density at radius 3 is 2.70 bits per heavy atom. The maximum absolute atomic E-state index is 2.23. The van der Waals surface area contributed by atoms with E-state index in [0.717, 1.165) is 6.42 Å². The minimum atomic E-state index is 0.714. The summed E-state index contributed by atoms with van der Waals surface area (Å²) in [5, 5.41) is 2.20. The third-order valence-corrected chi connectivity index (χ3v) is 2.31. The van der Waals surface area contributed by atoms with Crippen LogP contribution in [0.2, 0.25) is 0 Å². The zero-order valence-electron chi connectivity index (χ0n) is 6.50. The molecule has 1 aliphatic carbocycles. The van der Waals surface area contributed by atoms with E-state index in [1.807, 2.05) is 11.8 Å². The molecular weight excluding hydrogens is 140 g/mol. The topological polar surface area (TPSA) is 0 Å². The van der Waals surface area contributed by atoms with Crippen molar-refractivity contribution >= 4 is 11.8 Å². The Morgan fingerprint density at radius 2 is 2.20 bits per heavy atom. The van der Waals surface area contributed by atoms with Crippen molar-refractivity contribution < 1.29 is 0 Å². The van der Waals surface area contributed by atoms with Crippen LogP contribution in [-0.2, 0) is 0 Å². The average Bonchev–Trinajstić information content (AvgIpc) is 1.88. The van der Waals surface area contributed by atoms with Gasteiger partial charge in [-0.1, -0.05) is 38.2 Å². The summed E-state index contributed by atoms with van der Waals surface area (Å²) < 4.78 is 0. The van der Waals surface area contributed by atoms with Crippen molar-refractivity contribution in [1.29, 1.82) is 0 Å². The van der Waals surface area contributed by atoms with Crippen molar-refractivity contribution in [3.05, 3.63) is 29.6 Å². The zero-order chi connectivity index (χ0) is 7.40. The van der Waals surface area contributed by atoms with Gasteiger partial charge >= 0.3 is 0 Å². The number of allylic oxidation sites excluding steroid dienone is 3. The molecule has 0 amide bonds. The fourth-order valence-electron chi connectivity index (χ4n) is 0.884. The summed E-state index contributed by atoms with van der Waals surface area (Å²) in [7, 11) is 0. The van der Waals surface area contributed by atoms with E-state index in [9.17, 15) is 0 Å². The van der Waals surface area contributed by atoms with E-state index in [-0.39, 0.29) is 0 Å². The Morgan fingerprint density at radius 1 is 1.40 bits per heavy atom. The van der Waals surface area contributed by atoms with Crippen LogP contribution in [0.1, 0.15) is 20.3 Å². The second kappa shape index (κ2) is 3.87. The number of rotatable bonds is 2. The lowest BCUT2D eigenvalue weighted by Crippen LogP contribution is -1.95. The van der Waals surface area contributed by atoms with Crippen molar-refractivity contribution in [2.75, 3.05) is 0 Å². The van der Waals surface area contributed by atoms with E-state index in [2.05, 4.69) is 38.2 Å². The first-order valence-corrected chi connectivity index (χ1v) is 4.52. The van der Waals surface area contributed by atoms with Gasteiger partial charge in [0, 0.05) is 0 Å². The van der Waals surface area contributed by atoms with Crippen molar-refractivity contribution in [2.24, 2.45) is 0 Å². The predicted molar refractivity (Wildman–Crippen MR) is 48.9 cm³/mol. The Balaban J connectivity index is 2.30. The van der Waals surface area contributed by atoms with Crippen molar-refractivity contribution in [1.82, 2.24) is 0 Å². The van der Waals surface area contributed by atoms with Gasteiger partial charge in [0.15, 0.2) is 0 Å². The summed E-state index contributed by atoms with van der Waals surface area (Å²) in [6.07, 6.45) is 9.73. The molecule has 1 aliphatic rings. The van der Waals surface area contributed by atoms with Gasteiger partial charge in [-0.3, -0.25) is 0 Å². The lowest BCUT2D eigenvalue weighted by molar-refractivity contribution is 1.10. The first-order valence-electron chi connectivity index (χ1n) is 3.65. The fraction of sp³-hybridized carbons (Fsp3) is 0.444. The van der Waals surface area contributed by atoms with E-state index in [0.29, 0.717) is 5.25 Å². The van der Waals surface area contributed by atoms with Crippen LogP contribution in [0.15, 0.2) is 24.3 Å². The quantitative estimate of drug-likeness (QED) is 0.587. The summed E-state index contributed by atoms with van der Waals surface area (Å²) in [4.78, 5) is 0. The van der Waals surface area contributed by atoms with Gasteiger partial charge in [0.1, 0.15) is 0 Å². The first kappa shape index (κ1) is 7.93. The molecule has 0 unspecified atom stereocenters. The van der Waals surface area contributed by atoms with Gasteiger partial charge in [-0.15, -0.1) is 11.8 Å². The largest absolute Gasteiger partial charge is 0.146 e. The van der Waals surface area contributed by atoms with Gasteiger partial charge in [0.25, 0.3) is 0 Å². The molecule has 0 aromatic rings. The maximum Gasteiger partial charge on any atom is 0.0563 e. The van der Waals surface area contributed by atoms with E-state index in [4.69, 9.17) is 0 Å². The van der Waals surface area contributed by atoms with Crippen LogP contribution in [0.3, 0.4) is 0 Å². The molecule has 0 bridgehead atoms. The lowest BCUT2D eigenvalue weighted by Gasteiger charge is -2.13. The molecule has 0 nitrogen and oxygen atoms in total. The maximum atomic E-state index is 2.23. The normalized spacial score (nSPS) is 18.7. The molecule has 0 aromatic heterocycles. The molecule has 0 spiro atoms. The first-order chi connectivity index (χ1) is 4.79. The molecule has 0 saturated carbocycles. The monoisotopic (exact) mass is 153 g/mol. The van der Waals surface area contributed by atoms with Gasteiger partial charge < -0.3 is 0 Å². The highest BCUT2D eigenvalue weighted by atomic mass is 32.2. The van der Waals surface area contributed by atoms with Crippen LogP contribution < -0.4 is 0 Å².